The predicted octanol–water partition coefficient (Wildman–Crippen LogP) is 8.87. The number of rotatable bonds is 21. The second-order valence-corrected chi connectivity index (χ2v) is 9.35. The molecule has 1 heterocycles. The summed E-state index contributed by atoms with van der Waals surface area (Å²) in [6, 6.07) is 0. The fraction of sp³-hybridized carbons (Fsp3) is 0.926. The zero-order valence-corrected chi connectivity index (χ0v) is 20.5. The van der Waals surface area contributed by atoms with Crippen LogP contribution in [0.1, 0.15) is 143 Å². The Bertz CT molecular complexity index is 336. The molecule has 0 fully saturated rings. The molecule has 0 saturated carbocycles. The summed E-state index contributed by atoms with van der Waals surface area (Å²) < 4.78 is 0. The van der Waals surface area contributed by atoms with Gasteiger partial charge in [0, 0.05) is 25.5 Å². The van der Waals surface area contributed by atoms with E-state index in [0.29, 0.717) is 6.17 Å². The average Bonchev–Trinajstić information content (AvgIpc) is 3.12. The fourth-order valence-corrected chi connectivity index (χ4v) is 4.58. The molecule has 0 aliphatic carbocycles. The summed E-state index contributed by atoms with van der Waals surface area (Å²) in [6.45, 7) is 9.45. The van der Waals surface area contributed by atoms with Crippen LogP contribution in [0, 0.1) is 0 Å². The number of hydrogen-bond donors (Lipinski definition) is 0. The molecule has 0 bridgehead atoms. The average molecular weight is 407 g/mol. The lowest BCUT2D eigenvalue weighted by Gasteiger charge is -2.33. The van der Waals surface area contributed by atoms with Crippen LogP contribution in [-0.2, 0) is 0 Å². The molecule has 29 heavy (non-hydrogen) atoms. The van der Waals surface area contributed by atoms with Gasteiger partial charge in [0.2, 0.25) is 0 Å². The van der Waals surface area contributed by atoms with Crippen molar-refractivity contribution in [1.82, 2.24) is 9.80 Å². The van der Waals surface area contributed by atoms with Gasteiger partial charge in [-0.05, 0) is 25.7 Å². The van der Waals surface area contributed by atoms with Crippen molar-refractivity contribution in [2.24, 2.45) is 0 Å². The Balaban J connectivity index is 2.16. The van der Waals surface area contributed by atoms with Crippen molar-refractivity contribution in [1.29, 1.82) is 0 Å². The first kappa shape index (κ1) is 26.4. The molecule has 0 spiro atoms. The lowest BCUT2D eigenvalue weighted by molar-refractivity contribution is 0.136. The number of unbranched alkanes of at least 4 members (excludes halogenated alkanes) is 15. The van der Waals surface area contributed by atoms with Crippen LogP contribution in [0.15, 0.2) is 12.4 Å². The molecular weight excluding hydrogens is 352 g/mol. The Morgan fingerprint density at radius 1 is 0.448 bits per heavy atom. The van der Waals surface area contributed by atoms with E-state index in [1.165, 1.54) is 135 Å². The molecule has 1 aliphatic heterocycles. The lowest BCUT2D eigenvalue weighted by Crippen LogP contribution is -2.39. The van der Waals surface area contributed by atoms with E-state index >= 15 is 0 Å². The molecule has 0 aromatic rings. The first-order chi connectivity index (χ1) is 14.3. The highest BCUT2D eigenvalue weighted by atomic mass is 15.4. The summed E-state index contributed by atoms with van der Waals surface area (Å²) in [5.74, 6) is 0. The molecule has 1 aliphatic rings. The van der Waals surface area contributed by atoms with Crippen LogP contribution in [0.25, 0.3) is 0 Å². The maximum Gasteiger partial charge on any atom is 0.101 e. The maximum absolute atomic E-state index is 2.65. The standard InChI is InChI=1S/C27H54N2/c1-4-7-10-12-14-16-18-20-23-28-25-26-29(27(28)22-9-6-3)24-21-19-17-15-13-11-8-5-2/h25-27H,4-24H2,1-3H3. The van der Waals surface area contributed by atoms with E-state index in [1.54, 1.807) is 0 Å². The van der Waals surface area contributed by atoms with Crippen molar-refractivity contribution in [2.75, 3.05) is 13.1 Å². The van der Waals surface area contributed by atoms with Gasteiger partial charge in [-0.2, -0.15) is 0 Å². The van der Waals surface area contributed by atoms with Gasteiger partial charge in [0.1, 0.15) is 6.17 Å². The first-order valence-electron chi connectivity index (χ1n) is 13.5. The third-order valence-corrected chi connectivity index (χ3v) is 6.57. The maximum atomic E-state index is 2.65. The minimum atomic E-state index is 0.643. The molecule has 0 amide bonds. The molecule has 2 nitrogen and oxygen atoms in total. The lowest BCUT2D eigenvalue weighted by atomic mass is 10.1. The summed E-state index contributed by atoms with van der Waals surface area (Å²) in [5, 5.41) is 0. The Kier molecular flexibility index (Phi) is 17.6. The zero-order valence-electron chi connectivity index (χ0n) is 20.5. The van der Waals surface area contributed by atoms with Crippen LogP contribution < -0.4 is 0 Å². The zero-order chi connectivity index (χ0) is 21.0. The largest absolute Gasteiger partial charge is 0.356 e. The summed E-state index contributed by atoms with van der Waals surface area (Å²) >= 11 is 0. The third kappa shape index (κ3) is 13.3. The second-order valence-electron chi connectivity index (χ2n) is 9.35. The van der Waals surface area contributed by atoms with Gasteiger partial charge in [-0.15, -0.1) is 0 Å². The van der Waals surface area contributed by atoms with E-state index in [0.717, 1.165) is 0 Å². The van der Waals surface area contributed by atoms with Gasteiger partial charge in [-0.3, -0.25) is 0 Å². The number of hydrogen-bond acceptors (Lipinski definition) is 2. The second kappa shape index (κ2) is 19.3. The fourth-order valence-electron chi connectivity index (χ4n) is 4.58. The summed E-state index contributed by atoms with van der Waals surface area (Å²) in [5.41, 5.74) is 0. The van der Waals surface area contributed by atoms with Crippen LogP contribution in [0.3, 0.4) is 0 Å². The van der Waals surface area contributed by atoms with Crippen molar-refractivity contribution in [3.05, 3.63) is 12.4 Å². The van der Waals surface area contributed by atoms with Crippen LogP contribution in [-0.4, -0.2) is 29.1 Å². The van der Waals surface area contributed by atoms with E-state index in [4.69, 9.17) is 0 Å². The Morgan fingerprint density at radius 3 is 1.17 bits per heavy atom. The quantitative estimate of drug-likeness (QED) is 0.176. The van der Waals surface area contributed by atoms with E-state index < -0.39 is 0 Å². The van der Waals surface area contributed by atoms with Gasteiger partial charge in [0.15, 0.2) is 0 Å². The molecule has 2 heteroatoms. The molecule has 0 atom stereocenters. The summed E-state index contributed by atoms with van der Waals surface area (Å²) in [6.07, 6.45) is 32.1. The highest BCUT2D eigenvalue weighted by Gasteiger charge is 2.24. The van der Waals surface area contributed by atoms with E-state index in [-0.39, 0.29) is 0 Å². The van der Waals surface area contributed by atoms with Crippen molar-refractivity contribution >= 4 is 0 Å². The molecule has 0 saturated heterocycles. The molecule has 0 N–H and O–H groups in total. The molecule has 0 aromatic heterocycles. The van der Waals surface area contributed by atoms with Gasteiger partial charge >= 0.3 is 0 Å². The van der Waals surface area contributed by atoms with Gasteiger partial charge in [-0.1, -0.05) is 117 Å². The normalized spacial score (nSPS) is 14.4. The van der Waals surface area contributed by atoms with Gasteiger partial charge in [0.25, 0.3) is 0 Å². The summed E-state index contributed by atoms with van der Waals surface area (Å²) in [7, 11) is 0. The number of nitrogens with zero attached hydrogens (tertiary/aromatic N) is 2. The minimum absolute atomic E-state index is 0.643. The van der Waals surface area contributed by atoms with Crippen molar-refractivity contribution in [3.8, 4) is 0 Å². The van der Waals surface area contributed by atoms with Crippen LogP contribution in [0.5, 0.6) is 0 Å². The molecule has 0 radical (unpaired) electrons. The molecule has 1 rings (SSSR count). The Hall–Kier alpha value is -0.660. The van der Waals surface area contributed by atoms with Crippen molar-refractivity contribution in [2.45, 2.75) is 149 Å². The predicted molar refractivity (Wildman–Crippen MR) is 131 cm³/mol. The van der Waals surface area contributed by atoms with Gasteiger partial charge < -0.3 is 9.80 Å². The summed E-state index contributed by atoms with van der Waals surface area (Å²) in [4.78, 5) is 5.30. The monoisotopic (exact) mass is 406 g/mol. The van der Waals surface area contributed by atoms with Crippen LogP contribution >= 0.6 is 0 Å². The topological polar surface area (TPSA) is 6.48 Å². The molecular formula is C27H54N2. The van der Waals surface area contributed by atoms with E-state index in [9.17, 15) is 0 Å². The Morgan fingerprint density at radius 2 is 0.793 bits per heavy atom. The van der Waals surface area contributed by atoms with Crippen LogP contribution in [0.2, 0.25) is 0 Å². The van der Waals surface area contributed by atoms with Crippen molar-refractivity contribution < 1.29 is 0 Å². The van der Waals surface area contributed by atoms with Gasteiger partial charge in [0.05, 0.1) is 0 Å². The van der Waals surface area contributed by atoms with Crippen LogP contribution in [0.4, 0.5) is 0 Å². The van der Waals surface area contributed by atoms with E-state index in [2.05, 4.69) is 43.0 Å². The smallest absolute Gasteiger partial charge is 0.101 e. The van der Waals surface area contributed by atoms with Gasteiger partial charge in [-0.25, -0.2) is 0 Å². The highest BCUT2D eigenvalue weighted by molar-refractivity contribution is 4.96. The minimum Gasteiger partial charge on any atom is -0.356 e. The molecule has 0 unspecified atom stereocenters. The third-order valence-electron chi connectivity index (χ3n) is 6.57. The molecule has 172 valence electrons. The highest BCUT2D eigenvalue weighted by Crippen LogP contribution is 2.23. The molecule has 0 aromatic carbocycles. The SMILES string of the molecule is CCCCCCCCCCN1C=CN(CCCCCCCCCC)C1CCCC. The first-order valence-corrected chi connectivity index (χ1v) is 13.5. The van der Waals surface area contributed by atoms with E-state index in [1.807, 2.05) is 0 Å². The Labute approximate surface area is 184 Å². The van der Waals surface area contributed by atoms with Crippen molar-refractivity contribution in [3.63, 3.8) is 0 Å².